The lowest BCUT2D eigenvalue weighted by atomic mass is 9.90. The van der Waals surface area contributed by atoms with E-state index in [2.05, 4.69) is 0 Å². The minimum atomic E-state index is 0.695. The molecule has 0 aromatic carbocycles. The average molecular weight is 204 g/mol. The average Bonchev–Trinajstić information content (AvgIpc) is 2.16. The Bertz CT molecular complexity index is 141. The zero-order valence-corrected chi connectivity index (χ0v) is 9.18. The Morgan fingerprint density at radius 1 is 1.42 bits per heavy atom. The van der Waals surface area contributed by atoms with Crippen LogP contribution in [0.5, 0.6) is 0 Å². The standard InChI is InChI=1S/C9H16OS2/c1-12-9(11)10-7-8-5-3-2-4-6-8/h8H,2-7H2,1H3. The van der Waals surface area contributed by atoms with E-state index < -0.39 is 0 Å². The Kier molecular flexibility index (Phi) is 5.00. The molecule has 1 rings (SSSR count). The summed E-state index contributed by atoms with van der Waals surface area (Å²) in [6, 6.07) is 0. The quantitative estimate of drug-likeness (QED) is 0.639. The van der Waals surface area contributed by atoms with E-state index in [4.69, 9.17) is 17.0 Å². The lowest BCUT2D eigenvalue weighted by molar-refractivity contribution is 0.208. The number of hydrogen-bond donors (Lipinski definition) is 0. The van der Waals surface area contributed by atoms with Crippen molar-refractivity contribution in [2.45, 2.75) is 32.1 Å². The molecule has 0 aromatic rings. The first kappa shape index (κ1) is 10.3. The molecule has 70 valence electrons. The van der Waals surface area contributed by atoms with Gasteiger partial charge in [-0.1, -0.05) is 31.0 Å². The van der Waals surface area contributed by atoms with Gasteiger partial charge >= 0.3 is 0 Å². The molecule has 0 radical (unpaired) electrons. The lowest BCUT2D eigenvalue weighted by Gasteiger charge is -2.21. The monoisotopic (exact) mass is 204 g/mol. The van der Waals surface area contributed by atoms with Gasteiger partial charge in [-0.25, -0.2) is 0 Å². The molecule has 1 saturated carbocycles. The van der Waals surface area contributed by atoms with Crippen molar-refractivity contribution >= 4 is 28.4 Å². The molecule has 3 heteroatoms. The number of ether oxygens (including phenoxy) is 1. The van der Waals surface area contributed by atoms with Crippen LogP contribution in [0.4, 0.5) is 0 Å². The second kappa shape index (κ2) is 5.81. The summed E-state index contributed by atoms with van der Waals surface area (Å²) in [5, 5.41) is 0. The van der Waals surface area contributed by atoms with Crippen LogP contribution in [0.25, 0.3) is 0 Å². The van der Waals surface area contributed by atoms with Gasteiger partial charge in [0, 0.05) is 0 Å². The Balaban J connectivity index is 2.09. The molecule has 0 atom stereocenters. The van der Waals surface area contributed by atoms with Crippen LogP contribution in [-0.4, -0.2) is 17.2 Å². The topological polar surface area (TPSA) is 9.23 Å². The molecule has 0 unspecified atom stereocenters. The van der Waals surface area contributed by atoms with Gasteiger partial charge in [-0.05, 0) is 37.2 Å². The highest BCUT2D eigenvalue weighted by molar-refractivity contribution is 8.22. The maximum Gasteiger partial charge on any atom is 0.219 e. The molecule has 0 bridgehead atoms. The van der Waals surface area contributed by atoms with E-state index >= 15 is 0 Å². The molecule has 0 saturated heterocycles. The smallest absolute Gasteiger partial charge is 0.219 e. The summed E-state index contributed by atoms with van der Waals surface area (Å²) in [6.45, 7) is 0.847. The number of rotatable bonds is 2. The fourth-order valence-electron chi connectivity index (χ4n) is 1.60. The summed E-state index contributed by atoms with van der Waals surface area (Å²) in [5.74, 6) is 0.767. The summed E-state index contributed by atoms with van der Waals surface area (Å²) in [5.41, 5.74) is 0. The summed E-state index contributed by atoms with van der Waals surface area (Å²) in [7, 11) is 0. The van der Waals surface area contributed by atoms with Crippen LogP contribution >= 0.6 is 24.0 Å². The van der Waals surface area contributed by atoms with Crippen LogP contribution in [0.1, 0.15) is 32.1 Å². The maximum atomic E-state index is 5.43. The van der Waals surface area contributed by atoms with Gasteiger partial charge in [0.1, 0.15) is 0 Å². The summed E-state index contributed by atoms with van der Waals surface area (Å²) < 4.78 is 6.12. The molecule has 1 nitrogen and oxygen atoms in total. The molecule has 0 spiro atoms. The minimum Gasteiger partial charge on any atom is -0.478 e. The Hall–Kier alpha value is 0.240. The van der Waals surface area contributed by atoms with Crippen molar-refractivity contribution in [3.8, 4) is 0 Å². The first-order valence-corrected chi connectivity index (χ1v) is 6.17. The van der Waals surface area contributed by atoms with E-state index in [1.165, 1.54) is 43.9 Å². The van der Waals surface area contributed by atoms with E-state index in [1.807, 2.05) is 6.26 Å². The van der Waals surface area contributed by atoms with Gasteiger partial charge in [0.05, 0.1) is 6.61 Å². The van der Waals surface area contributed by atoms with Crippen molar-refractivity contribution in [1.29, 1.82) is 0 Å². The van der Waals surface area contributed by atoms with E-state index in [0.717, 1.165) is 12.5 Å². The second-order valence-electron chi connectivity index (χ2n) is 3.27. The number of hydrogen-bond acceptors (Lipinski definition) is 3. The van der Waals surface area contributed by atoms with Gasteiger partial charge in [-0.3, -0.25) is 0 Å². The largest absolute Gasteiger partial charge is 0.478 e. The summed E-state index contributed by atoms with van der Waals surface area (Å²) in [4.78, 5) is 0. The normalized spacial score (nSPS) is 19.1. The van der Waals surface area contributed by atoms with Crippen molar-refractivity contribution < 1.29 is 4.74 Å². The molecule has 0 amide bonds. The molecule has 1 aliphatic rings. The first-order valence-electron chi connectivity index (χ1n) is 4.53. The molecular formula is C9H16OS2. The van der Waals surface area contributed by atoms with Gasteiger partial charge < -0.3 is 4.74 Å². The molecular weight excluding hydrogens is 188 g/mol. The van der Waals surface area contributed by atoms with Gasteiger partial charge in [-0.2, -0.15) is 0 Å². The molecule has 0 aliphatic heterocycles. The van der Waals surface area contributed by atoms with E-state index in [-0.39, 0.29) is 0 Å². The van der Waals surface area contributed by atoms with Crippen LogP contribution in [0.15, 0.2) is 0 Å². The highest BCUT2D eigenvalue weighted by atomic mass is 32.2. The number of thiocarbonyl (C=S) groups is 1. The van der Waals surface area contributed by atoms with Crippen LogP contribution < -0.4 is 0 Å². The van der Waals surface area contributed by atoms with Crippen LogP contribution in [0.2, 0.25) is 0 Å². The zero-order valence-electron chi connectivity index (χ0n) is 7.54. The van der Waals surface area contributed by atoms with Crippen molar-refractivity contribution in [3.63, 3.8) is 0 Å². The first-order chi connectivity index (χ1) is 5.83. The zero-order chi connectivity index (χ0) is 8.81. The van der Waals surface area contributed by atoms with E-state index in [1.54, 1.807) is 0 Å². The second-order valence-corrected chi connectivity index (χ2v) is 4.68. The van der Waals surface area contributed by atoms with Gasteiger partial charge in [0.25, 0.3) is 0 Å². The molecule has 12 heavy (non-hydrogen) atoms. The highest BCUT2D eigenvalue weighted by Crippen LogP contribution is 2.24. The Morgan fingerprint density at radius 2 is 2.08 bits per heavy atom. The molecule has 1 aliphatic carbocycles. The number of thioether (sulfide) groups is 1. The summed E-state index contributed by atoms with van der Waals surface area (Å²) in [6.07, 6.45) is 8.78. The maximum absolute atomic E-state index is 5.43. The lowest BCUT2D eigenvalue weighted by Crippen LogP contribution is -2.14. The third-order valence-corrected chi connectivity index (χ3v) is 3.40. The third kappa shape index (κ3) is 3.76. The minimum absolute atomic E-state index is 0.695. The van der Waals surface area contributed by atoms with Crippen molar-refractivity contribution in [2.24, 2.45) is 5.92 Å². The Labute approximate surface area is 84.2 Å². The molecule has 0 aromatic heterocycles. The fourth-order valence-corrected chi connectivity index (χ4v) is 1.85. The van der Waals surface area contributed by atoms with Crippen LogP contribution in [0.3, 0.4) is 0 Å². The molecule has 1 fully saturated rings. The predicted molar refractivity (Wildman–Crippen MR) is 58.6 cm³/mol. The predicted octanol–water partition coefficient (Wildman–Crippen LogP) is 3.23. The van der Waals surface area contributed by atoms with Crippen LogP contribution in [-0.2, 0) is 4.74 Å². The van der Waals surface area contributed by atoms with Crippen LogP contribution in [0, 0.1) is 5.92 Å². The fraction of sp³-hybridized carbons (Fsp3) is 0.889. The SMILES string of the molecule is CSC(=S)OCC1CCCCC1. The summed E-state index contributed by atoms with van der Waals surface area (Å²) >= 11 is 6.49. The van der Waals surface area contributed by atoms with Gasteiger partial charge in [0.2, 0.25) is 4.38 Å². The molecule has 0 heterocycles. The van der Waals surface area contributed by atoms with Crippen molar-refractivity contribution in [2.75, 3.05) is 12.9 Å². The molecule has 0 N–H and O–H groups in total. The Morgan fingerprint density at radius 3 is 2.67 bits per heavy atom. The van der Waals surface area contributed by atoms with E-state index in [9.17, 15) is 0 Å². The highest BCUT2D eigenvalue weighted by Gasteiger charge is 2.13. The third-order valence-electron chi connectivity index (χ3n) is 2.33. The van der Waals surface area contributed by atoms with E-state index in [0.29, 0.717) is 4.38 Å². The van der Waals surface area contributed by atoms with Gasteiger partial charge in [-0.15, -0.1) is 0 Å². The van der Waals surface area contributed by atoms with Crippen molar-refractivity contribution in [1.82, 2.24) is 0 Å². The van der Waals surface area contributed by atoms with Gasteiger partial charge in [0.15, 0.2) is 0 Å². The van der Waals surface area contributed by atoms with Crippen molar-refractivity contribution in [3.05, 3.63) is 0 Å².